The summed E-state index contributed by atoms with van der Waals surface area (Å²) in [7, 11) is 1.36. The van der Waals surface area contributed by atoms with Crippen LogP contribution in [0.25, 0.3) is 0 Å². The third-order valence-corrected chi connectivity index (χ3v) is 3.43. The SMILES string of the molecule is COC(=O)[C@@H]1Cc2ccc(OCc3ccccc3)cc2O1. The Morgan fingerprint density at radius 1 is 1.24 bits per heavy atom. The molecule has 0 amide bonds. The van der Waals surface area contributed by atoms with Crippen LogP contribution in [0.1, 0.15) is 11.1 Å². The molecule has 2 aromatic carbocycles. The van der Waals surface area contributed by atoms with Gasteiger partial charge < -0.3 is 14.2 Å². The highest BCUT2D eigenvalue weighted by Gasteiger charge is 2.30. The monoisotopic (exact) mass is 284 g/mol. The molecule has 0 spiro atoms. The molecule has 0 fully saturated rings. The van der Waals surface area contributed by atoms with Crippen molar-refractivity contribution in [3.63, 3.8) is 0 Å². The van der Waals surface area contributed by atoms with Gasteiger partial charge in [-0.1, -0.05) is 36.4 Å². The first-order chi connectivity index (χ1) is 10.3. The van der Waals surface area contributed by atoms with Crippen LogP contribution in [-0.4, -0.2) is 19.2 Å². The summed E-state index contributed by atoms with van der Waals surface area (Å²) < 4.78 is 16.0. The Labute approximate surface area is 123 Å². The molecule has 0 bridgehead atoms. The molecule has 1 heterocycles. The maximum absolute atomic E-state index is 11.5. The number of esters is 1. The van der Waals surface area contributed by atoms with E-state index < -0.39 is 6.10 Å². The van der Waals surface area contributed by atoms with Crippen LogP contribution < -0.4 is 9.47 Å². The minimum Gasteiger partial charge on any atom is -0.489 e. The van der Waals surface area contributed by atoms with E-state index in [1.165, 1.54) is 7.11 Å². The molecule has 0 aromatic heterocycles. The van der Waals surface area contributed by atoms with E-state index in [1.807, 2.05) is 48.5 Å². The largest absolute Gasteiger partial charge is 0.489 e. The summed E-state index contributed by atoms with van der Waals surface area (Å²) in [5.74, 6) is 1.07. The maximum atomic E-state index is 11.5. The van der Waals surface area contributed by atoms with Crippen molar-refractivity contribution in [2.24, 2.45) is 0 Å². The molecule has 1 aliphatic heterocycles. The van der Waals surface area contributed by atoms with Crippen molar-refractivity contribution in [3.05, 3.63) is 59.7 Å². The second-order valence-corrected chi connectivity index (χ2v) is 4.88. The number of hydrogen-bond donors (Lipinski definition) is 0. The lowest BCUT2D eigenvalue weighted by molar-refractivity contribution is -0.147. The van der Waals surface area contributed by atoms with E-state index in [2.05, 4.69) is 0 Å². The van der Waals surface area contributed by atoms with Crippen LogP contribution in [0.4, 0.5) is 0 Å². The highest BCUT2D eigenvalue weighted by Crippen LogP contribution is 2.33. The molecule has 4 heteroatoms. The number of ether oxygens (including phenoxy) is 3. The molecule has 2 aromatic rings. The van der Waals surface area contributed by atoms with Crippen LogP contribution in [0, 0.1) is 0 Å². The minimum absolute atomic E-state index is 0.349. The number of benzene rings is 2. The highest BCUT2D eigenvalue weighted by atomic mass is 16.6. The van der Waals surface area contributed by atoms with Crippen LogP contribution in [-0.2, 0) is 22.6 Å². The number of fused-ring (bicyclic) bond motifs is 1. The van der Waals surface area contributed by atoms with Crippen molar-refractivity contribution < 1.29 is 19.0 Å². The fourth-order valence-corrected chi connectivity index (χ4v) is 2.30. The van der Waals surface area contributed by atoms with Crippen LogP contribution >= 0.6 is 0 Å². The molecule has 0 saturated carbocycles. The summed E-state index contributed by atoms with van der Waals surface area (Å²) in [5, 5.41) is 0. The van der Waals surface area contributed by atoms with Crippen molar-refractivity contribution in [2.45, 2.75) is 19.1 Å². The lowest BCUT2D eigenvalue weighted by atomic mass is 10.1. The second-order valence-electron chi connectivity index (χ2n) is 4.88. The van der Waals surface area contributed by atoms with Gasteiger partial charge in [-0.3, -0.25) is 0 Å². The smallest absolute Gasteiger partial charge is 0.347 e. The van der Waals surface area contributed by atoms with Crippen molar-refractivity contribution in [2.75, 3.05) is 7.11 Å². The average Bonchev–Trinajstić information content (AvgIpc) is 2.96. The van der Waals surface area contributed by atoms with Gasteiger partial charge in [-0.2, -0.15) is 0 Å². The van der Waals surface area contributed by atoms with Crippen molar-refractivity contribution in [1.82, 2.24) is 0 Å². The van der Waals surface area contributed by atoms with Crippen LogP contribution in [0.5, 0.6) is 11.5 Å². The van der Waals surface area contributed by atoms with Gasteiger partial charge in [-0.05, 0) is 17.2 Å². The lowest BCUT2D eigenvalue weighted by Crippen LogP contribution is -2.26. The van der Waals surface area contributed by atoms with Gasteiger partial charge in [0.2, 0.25) is 0 Å². The molecule has 1 atom stereocenters. The molecule has 21 heavy (non-hydrogen) atoms. The summed E-state index contributed by atoms with van der Waals surface area (Å²) in [6.45, 7) is 0.500. The van der Waals surface area contributed by atoms with E-state index in [9.17, 15) is 4.79 Å². The van der Waals surface area contributed by atoms with E-state index in [-0.39, 0.29) is 5.97 Å². The van der Waals surface area contributed by atoms with E-state index in [1.54, 1.807) is 0 Å². The summed E-state index contributed by atoms with van der Waals surface area (Å²) in [5.41, 5.74) is 2.10. The molecule has 0 radical (unpaired) electrons. The molecule has 0 N–H and O–H groups in total. The van der Waals surface area contributed by atoms with Crippen LogP contribution in [0.2, 0.25) is 0 Å². The fourth-order valence-electron chi connectivity index (χ4n) is 2.30. The van der Waals surface area contributed by atoms with Crippen molar-refractivity contribution in [1.29, 1.82) is 0 Å². The molecule has 0 saturated heterocycles. The molecule has 0 unspecified atom stereocenters. The van der Waals surface area contributed by atoms with Gasteiger partial charge >= 0.3 is 5.97 Å². The normalized spacial score (nSPS) is 16.0. The molecule has 1 aliphatic rings. The third-order valence-electron chi connectivity index (χ3n) is 3.43. The van der Waals surface area contributed by atoms with E-state index in [0.717, 1.165) is 16.9 Å². The predicted octanol–water partition coefficient (Wildman–Crippen LogP) is 2.74. The molecule has 3 rings (SSSR count). The Balaban J connectivity index is 1.67. The zero-order valence-electron chi connectivity index (χ0n) is 11.7. The molecule has 0 aliphatic carbocycles. The number of carbonyl (C=O) groups excluding carboxylic acids is 1. The standard InChI is InChI=1S/C17H16O4/c1-19-17(18)16-9-13-7-8-14(10-15(13)21-16)20-11-12-5-3-2-4-6-12/h2-8,10,16H,9,11H2,1H3/t16-/m0/s1. The number of methoxy groups -OCH3 is 1. The number of carbonyl (C=O) groups is 1. The average molecular weight is 284 g/mol. The van der Waals surface area contributed by atoms with Gasteiger partial charge in [0.25, 0.3) is 0 Å². The zero-order chi connectivity index (χ0) is 14.7. The Morgan fingerprint density at radius 2 is 2.05 bits per heavy atom. The second kappa shape index (κ2) is 5.87. The van der Waals surface area contributed by atoms with Crippen LogP contribution in [0.15, 0.2) is 48.5 Å². The third kappa shape index (κ3) is 2.99. The lowest BCUT2D eigenvalue weighted by Gasteiger charge is -2.09. The summed E-state index contributed by atoms with van der Waals surface area (Å²) in [6.07, 6.45) is -0.00425. The molecule has 4 nitrogen and oxygen atoms in total. The van der Waals surface area contributed by atoms with Crippen LogP contribution in [0.3, 0.4) is 0 Å². The minimum atomic E-state index is -0.547. The molecule has 108 valence electrons. The zero-order valence-corrected chi connectivity index (χ0v) is 11.7. The number of rotatable bonds is 4. The first kappa shape index (κ1) is 13.5. The fraction of sp³-hybridized carbons (Fsp3) is 0.235. The predicted molar refractivity (Wildman–Crippen MR) is 77.4 cm³/mol. The van der Waals surface area contributed by atoms with Gasteiger partial charge in [0.05, 0.1) is 7.11 Å². The summed E-state index contributed by atoms with van der Waals surface area (Å²) in [6, 6.07) is 15.6. The van der Waals surface area contributed by atoms with E-state index in [4.69, 9.17) is 14.2 Å². The van der Waals surface area contributed by atoms with Crippen molar-refractivity contribution >= 4 is 5.97 Å². The first-order valence-electron chi connectivity index (χ1n) is 6.80. The van der Waals surface area contributed by atoms with Gasteiger partial charge in [0, 0.05) is 12.5 Å². The molecular formula is C17H16O4. The van der Waals surface area contributed by atoms with E-state index in [0.29, 0.717) is 18.8 Å². The Bertz CT molecular complexity index is 636. The topological polar surface area (TPSA) is 44.8 Å². The van der Waals surface area contributed by atoms with Gasteiger partial charge in [-0.15, -0.1) is 0 Å². The Morgan fingerprint density at radius 3 is 2.81 bits per heavy atom. The molecular weight excluding hydrogens is 268 g/mol. The quantitative estimate of drug-likeness (QED) is 0.810. The van der Waals surface area contributed by atoms with Gasteiger partial charge in [0.1, 0.15) is 18.1 Å². The summed E-state index contributed by atoms with van der Waals surface area (Å²) in [4.78, 5) is 11.5. The van der Waals surface area contributed by atoms with E-state index >= 15 is 0 Å². The Hall–Kier alpha value is -2.49. The number of hydrogen-bond acceptors (Lipinski definition) is 4. The first-order valence-corrected chi connectivity index (χ1v) is 6.80. The summed E-state index contributed by atoms with van der Waals surface area (Å²) >= 11 is 0. The Kier molecular flexibility index (Phi) is 3.77. The highest BCUT2D eigenvalue weighted by molar-refractivity contribution is 5.76. The maximum Gasteiger partial charge on any atom is 0.347 e. The van der Waals surface area contributed by atoms with Gasteiger partial charge in [0.15, 0.2) is 6.10 Å². The van der Waals surface area contributed by atoms with Gasteiger partial charge in [-0.25, -0.2) is 4.79 Å². The van der Waals surface area contributed by atoms with Crippen molar-refractivity contribution in [3.8, 4) is 11.5 Å².